The Hall–Kier alpha value is -4.52. The van der Waals surface area contributed by atoms with Crippen molar-refractivity contribution in [2.45, 2.75) is 13.3 Å². The van der Waals surface area contributed by atoms with Crippen LogP contribution in [0.2, 0.25) is 0 Å². The summed E-state index contributed by atoms with van der Waals surface area (Å²) in [5.74, 6) is 1.06. The molecule has 7 nitrogen and oxygen atoms in total. The van der Waals surface area contributed by atoms with Gasteiger partial charge in [0, 0.05) is 40.7 Å². The summed E-state index contributed by atoms with van der Waals surface area (Å²) in [6, 6.07) is 20.7. The quantitative estimate of drug-likeness (QED) is 0.304. The molecule has 0 spiro atoms. The van der Waals surface area contributed by atoms with E-state index in [2.05, 4.69) is 10.3 Å². The molecule has 0 saturated carbocycles. The van der Waals surface area contributed by atoms with Gasteiger partial charge in [-0.3, -0.25) is 4.79 Å². The molecule has 7 heteroatoms. The van der Waals surface area contributed by atoms with E-state index in [0.717, 1.165) is 38.7 Å². The third-order valence-corrected chi connectivity index (χ3v) is 6.25. The summed E-state index contributed by atoms with van der Waals surface area (Å²) in [4.78, 5) is 27.9. The SMILES string of the molecule is COc1ccc2[nH]cc(CCNC(=O)COc3ccc4c(-c5ccccc5)cc(=O)oc4c3C)c2c1. The second kappa shape index (κ2) is 10.00. The number of nitrogens with one attached hydrogen (secondary N) is 2. The van der Waals surface area contributed by atoms with Crippen molar-refractivity contribution in [3.05, 3.63) is 94.5 Å². The van der Waals surface area contributed by atoms with E-state index in [1.807, 2.05) is 67.7 Å². The molecule has 0 aliphatic carbocycles. The van der Waals surface area contributed by atoms with Gasteiger partial charge < -0.3 is 24.2 Å². The molecule has 0 saturated heterocycles. The fourth-order valence-corrected chi connectivity index (χ4v) is 4.38. The molecular weight excluding hydrogens is 456 g/mol. The standard InChI is InChI=1S/C29H26N2O5/c1-18-26(11-9-22-23(15-28(33)36-29(18)22)19-6-4-3-5-7-19)35-17-27(32)30-13-12-20-16-31-25-10-8-21(34-2)14-24(20)25/h3-11,14-16,31H,12-13,17H2,1-2H3,(H,30,32). The Morgan fingerprint density at radius 1 is 1.03 bits per heavy atom. The first-order valence-corrected chi connectivity index (χ1v) is 11.7. The maximum Gasteiger partial charge on any atom is 0.336 e. The Morgan fingerprint density at radius 2 is 1.86 bits per heavy atom. The van der Waals surface area contributed by atoms with Crippen molar-refractivity contribution in [2.75, 3.05) is 20.3 Å². The molecule has 0 aliphatic rings. The van der Waals surface area contributed by atoms with E-state index < -0.39 is 5.63 Å². The Bertz CT molecular complexity index is 1600. The van der Waals surface area contributed by atoms with Gasteiger partial charge in [0.25, 0.3) is 5.91 Å². The van der Waals surface area contributed by atoms with E-state index >= 15 is 0 Å². The smallest absolute Gasteiger partial charge is 0.336 e. The van der Waals surface area contributed by atoms with Crippen LogP contribution in [0.1, 0.15) is 11.1 Å². The van der Waals surface area contributed by atoms with Gasteiger partial charge >= 0.3 is 5.63 Å². The van der Waals surface area contributed by atoms with Crippen LogP contribution in [0.15, 0.2) is 82.1 Å². The van der Waals surface area contributed by atoms with Crippen LogP contribution in [0.5, 0.6) is 11.5 Å². The highest BCUT2D eigenvalue weighted by Crippen LogP contribution is 2.33. The van der Waals surface area contributed by atoms with Crippen LogP contribution in [-0.4, -0.2) is 31.2 Å². The van der Waals surface area contributed by atoms with Crippen LogP contribution in [0.3, 0.4) is 0 Å². The fourth-order valence-electron chi connectivity index (χ4n) is 4.38. The topological polar surface area (TPSA) is 93.6 Å². The van der Waals surface area contributed by atoms with Crippen LogP contribution in [0, 0.1) is 6.92 Å². The average molecular weight is 483 g/mol. The second-order valence-electron chi connectivity index (χ2n) is 8.52. The van der Waals surface area contributed by atoms with Crippen molar-refractivity contribution in [2.24, 2.45) is 0 Å². The van der Waals surface area contributed by atoms with E-state index in [-0.39, 0.29) is 12.5 Å². The zero-order chi connectivity index (χ0) is 25.1. The number of fused-ring (bicyclic) bond motifs is 2. The number of benzene rings is 3. The minimum atomic E-state index is -0.436. The molecule has 0 unspecified atom stereocenters. The normalized spacial score (nSPS) is 11.1. The van der Waals surface area contributed by atoms with E-state index in [4.69, 9.17) is 13.9 Å². The van der Waals surface area contributed by atoms with Gasteiger partial charge in [-0.15, -0.1) is 0 Å². The van der Waals surface area contributed by atoms with Crippen molar-refractivity contribution in [1.82, 2.24) is 10.3 Å². The lowest BCUT2D eigenvalue weighted by Crippen LogP contribution is -2.30. The number of carbonyl (C=O) groups excluding carboxylic acids is 1. The minimum absolute atomic E-state index is 0.142. The van der Waals surface area contributed by atoms with E-state index in [1.54, 1.807) is 13.2 Å². The van der Waals surface area contributed by atoms with Gasteiger partial charge in [0.15, 0.2) is 6.61 Å². The number of hydrogen-bond donors (Lipinski definition) is 2. The molecule has 0 radical (unpaired) electrons. The molecule has 0 atom stereocenters. The average Bonchev–Trinajstić information content (AvgIpc) is 3.30. The number of hydrogen-bond acceptors (Lipinski definition) is 5. The highest BCUT2D eigenvalue weighted by atomic mass is 16.5. The van der Waals surface area contributed by atoms with E-state index in [9.17, 15) is 9.59 Å². The third-order valence-electron chi connectivity index (χ3n) is 6.25. The van der Waals surface area contributed by atoms with E-state index in [0.29, 0.717) is 29.9 Å². The number of H-pyrrole nitrogens is 1. The molecular formula is C29H26N2O5. The molecule has 0 aliphatic heterocycles. The van der Waals surface area contributed by atoms with Gasteiger partial charge in [-0.2, -0.15) is 0 Å². The summed E-state index contributed by atoms with van der Waals surface area (Å²) >= 11 is 0. The maximum atomic E-state index is 12.4. The second-order valence-corrected chi connectivity index (χ2v) is 8.52. The number of amides is 1. The molecule has 1 amide bonds. The van der Waals surface area contributed by atoms with E-state index in [1.165, 1.54) is 6.07 Å². The van der Waals surface area contributed by atoms with Gasteiger partial charge in [-0.25, -0.2) is 4.79 Å². The molecule has 0 fully saturated rings. The molecule has 36 heavy (non-hydrogen) atoms. The van der Waals surface area contributed by atoms with Crippen LogP contribution in [0.25, 0.3) is 33.0 Å². The molecule has 5 aromatic rings. The molecule has 2 N–H and O–H groups in total. The van der Waals surface area contributed by atoms with Crippen LogP contribution < -0.4 is 20.4 Å². The molecule has 2 heterocycles. The molecule has 3 aromatic carbocycles. The van der Waals surface area contributed by atoms with Gasteiger partial charge in [-0.1, -0.05) is 30.3 Å². The summed E-state index contributed by atoms with van der Waals surface area (Å²) in [7, 11) is 1.64. The Kier molecular flexibility index (Phi) is 6.45. The summed E-state index contributed by atoms with van der Waals surface area (Å²) < 4.78 is 16.6. The summed E-state index contributed by atoms with van der Waals surface area (Å²) in [5, 5.41) is 4.78. The van der Waals surface area contributed by atoms with Crippen molar-refractivity contribution in [1.29, 1.82) is 0 Å². The predicted molar refractivity (Wildman–Crippen MR) is 140 cm³/mol. The predicted octanol–water partition coefficient (Wildman–Crippen LogP) is 5.00. The van der Waals surface area contributed by atoms with Crippen molar-refractivity contribution in [3.8, 4) is 22.6 Å². The number of methoxy groups -OCH3 is 1. The van der Waals surface area contributed by atoms with Crippen molar-refractivity contribution in [3.63, 3.8) is 0 Å². The minimum Gasteiger partial charge on any atom is -0.497 e. The first-order valence-electron chi connectivity index (χ1n) is 11.7. The number of aromatic nitrogens is 1. The number of aryl methyl sites for hydroxylation is 1. The molecule has 182 valence electrons. The lowest BCUT2D eigenvalue weighted by atomic mass is 10.0. The van der Waals surface area contributed by atoms with Gasteiger partial charge in [-0.05, 0) is 60.4 Å². The summed E-state index contributed by atoms with van der Waals surface area (Å²) in [6.07, 6.45) is 2.62. The van der Waals surface area contributed by atoms with Gasteiger partial charge in [0.05, 0.1) is 7.11 Å². The third kappa shape index (κ3) is 4.68. The van der Waals surface area contributed by atoms with Crippen LogP contribution in [-0.2, 0) is 11.2 Å². The zero-order valence-electron chi connectivity index (χ0n) is 20.1. The first-order chi connectivity index (χ1) is 17.5. The zero-order valence-corrected chi connectivity index (χ0v) is 20.1. The van der Waals surface area contributed by atoms with Crippen molar-refractivity contribution >= 4 is 27.8 Å². The van der Waals surface area contributed by atoms with Gasteiger partial charge in [0.2, 0.25) is 0 Å². The number of ether oxygens (including phenoxy) is 2. The summed E-state index contributed by atoms with van der Waals surface area (Å²) in [6.45, 7) is 2.15. The number of rotatable bonds is 8. The lowest BCUT2D eigenvalue weighted by molar-refractivity contribution is -0.123. The first kappa shape index (κ1) is 23.2. The Labute approximate surface area is 207 Å². The highest BCUT2D eigenvalue weighted by molar-refractivity contribution is 5.95. The van der Waals surface area contributed by atoms with Crippen molar-refractivity contribution < 1.29 is 18.7 Å². The summed E-state index contributed by atoms with van der Waals surface area (Å²) in [5.41, 5.74) is 4.53. The Morgan fingerprint density at radius 3 is 2.67 bits per heavy atom. The largest absolute Gasteiger partial charge is 0.497 e. The lowest BCUT2D eigenvalue weighted by Gasteiger charge is -2.12. The molecule has 0 bridgehead atoms. The maximum absolute atomic E-state index is 12.4. The van der Waals surface area contributed by atoms with Gasteiger partial charge in [0.1, 0.15) is 17.1 Å². The molecule has 2 aromatic heterocycles. The monoisotopic (exact) mass is 482 g/mol. The fraction of sp³-hybridized carbons (Fsp3) is 0.172. The Balaban J connectivity index is 1.25. The van der Waals surface area contributed by atoms with Crippen LogP contribution >= 0.6 is 0 Å². The van der Waals surface area contributed by atoms with Crippen LogP contribution in [0.4, 0.5) is 0 Å². The number of carbonyl (C=O) groups is 1. The highest BCUT2D eigenvalue weighted by Gasteiger charge is 2.14. The molecule has 5 rings (SSSR count). The number of aromatic amines is 1.